The lowest BCUT2D eigenvalue weighted by Gasteiger charge is -2.31. The molecule has 2 aromatic carbocycles. The Hall–Kier alpha value is -3.66. The van der Waals surface area contributed by atoms with Gasteiger partial charge in [-0.1, -0.05) is 29.8 Å². The fourth-order valence-corrected chi connectivity index (χ4v) is 3.72. The molecule has 4 heteroatoms. The normalized spacial score (nSPS) is 15.5. The van der Waals surface area contributed by atoms with Crippen molar-refractivity contribution in [1.29, 1.82) is 0 Å². The van der Waals surface area contributed by atoms with Crippen molar-refractivity contribution in [3.05, 3.63) is 120 Å². The van der Waals surface area contributed by atoms with Crippen LogP contribution in [0, 0.1) is 12.7 Å². The van der Waals surface area contributed by atoms with Crippen LogP contribution in [0.5, 0.6) is 0 Å². The minimum Gasteiger partial charge on any atom is -0.317 e. The third-order valence-corrected chi connectivity index (χ3v) is 5.23. The van der Waals surface area contributed by atoms with Gasteiger partial charge in [0.2, 0.25) is 0 Å². The van der Waals surface area contributed by atoms with Crippen molar-refractivity contribution < 1.29 is 4.39 Å². The first-order valence-corrected chi connectivity index (χ1v) is 9.66. The monoisotopic (exact) mass is 381 g/mol. The SMILES string of the molecule is Cc1ccc(-n2nccc2C2=CN3C(=CCC=C3c3ccc(F)cc3)C=C2)cc1. The summed E-state index contributed by atoms with van der Waals surface area (Å²) < 4.78 is 15.3. The Bertz CT molecular complexity index is 1180. The molecule has 0 bridgehead atoms. The highest BCUT2D eigenvalue weighted by Crippen LogP contribution is 2.35. The molecule has 3 heterocycles. The number of aromatic nitrogens is 2. The average Bonchev–Trinajstić information content (AvgIpc) is 3.24. The lowest BCUT2D eigenvalue weighted by molar-refractivity contribution is 0.626. The van der Waals surface area contributed by atoms with Gasteiger partial charge in [0, 0.05) is 23.2 Å². The predicted octanol–water partition coefficient (Wildman–Crippen LogP) is 5.86. The lowest BCUT2D eigenvalue weighted by atomic mass is 10.0. The van der Waals surface area contributed by atoms with E-state index in [0.29, 0.717) is 0 Å². The summed E-state index contributed by atoms with van der Waals surface area (Å²) in [6.07, 6.45) is 13.4. The van der Waals surface area contributed by atoms with Gasteiger partial charge in [-0.15, -0.1) is 0 Å². The molecule has 3 nitrogen and oxygen atoms in total. The lowest BCUT2D eigenvalue weighted by Crippen LogP contribution is -2.20. The average molecular weight is 381 g/mol. The maximum Gasteiger partial charge on any atom is 0.123 e. The van der Waals surface area contributed by atoms with Gasteiger partial charge in [0.25, 0.3) is 0 Å². The quantitative estimate of drug-likeness (QED) is 0.566. The van der Waals surface area contributed by atoms with Crippen molar-refractivity contribution in [2.24, 2.45) is 0 Å². The molecule has 0 aliphatic carbocycles. The number of aryl methyl sites for hydroxylation is 1. The minimum atomic E-state index is -0.224. The summed E-state index contributed by atoms with van der Waals surface area (Å²) in [5, 5.41) is 4.53. The number of nitrogens with zero attached hydrogens (tertiary/aromatic N) is 3. The van der Waals surface area contributed by atoms with Gasteiger partial charge in [-0.05, 0) is 73.5 Å². The number of allylic oxidation sites excluding steroid dienone is 5. The first kappa shape index (κ1) is 17.4. The molecule has 5 rings (SSSR count). The molecule has 0 fully saturated rings. The van der Waals surface area contributed by atoms with Crippen LogP contribution >= 0.6 is 0 Å². The maximum absolute atomic E-state index is 13.4. The number of rotatable bonds is 3. The zero-order valence-electron chi connectivity index (χ0n) is 16.1. The molecule has 0 saturated carbocycles. The van der Waals surface area contributed by atoms with E-state index in [1.807, 2.05) is 29.1 Å². The van der Waals surface area contributed by atoms with Gasteiger partial charge in [0.15, 0.2) is 0 Å². The van der Waals surface area contributed by atoms with Crippen molar-refractivity contribution >= 4 is 11.3 Å². The third-order valence-electron chi connectivity index (χ3n) is 5.23. The van der Waals surface area contributed by atoms with Crippen LogP contribution in [0.15, 0.2) is 97.0 Å². The van der Waals surface area contributed by atoms with E-state index >= 15 is 0 Å². The second-order valence-electron chi connectivity index (χ2n) is 7.21. The van der Waals surface area contributed by atoms with Crippen molar-refractivity contribution in [2.75, 3.05) is 0 Å². The summed E-state index contributed by atoms with van der Waals surface area (Å²) in [5.41, 5.74) is 7.51. The van der Waals surface area contributed by atoms with Crippen LogP contribution in [0.25, 0.3) is 17.0 Å². The smallest absolute Gasteiger partial charge is 0.123 e. The fraction of sp³-hybridized carbons (Fsp3) is 0.0800. The molecule has 0 radical (unpaired) electrons. The molecule has 3 aromatic rings. The molecule has 0 atom stereocenters. The van der Waals surface area contributed by atoms with E-state index in [2.05, 4.69) is 71.7 Å². The zero-order valence-corrected chi connectivity index (χ0v) is 16.1. The van der Waals surface area contributed by atoms with Gasteiger partial charge >= 0.3 is 0 Å². The van der Waals surface area contributed by atoms with E-state index in [1.54, 1.807) is 0 Å². The number of fused-ring (bicyclic) bond motifs is 1. The standard InChI is InChI=1S/C25H20FN3/c1-18-5-12-23(13-6-18)29-25(15-16-27-29)20-9-14-22-3-2-4-24(28(22)17-20)19-7-10-21(26)11-8-19/h3-17H,2H2,1H3. The molecule has 142 valence electrons. The molecule has 0 amide bonds. The van der Waals surface area contributed by atoms with Gasteiger partial charge in [0.1, 0.15) is 5.82 Å². The van der Waals surface area contributed by atoms with Gasteiger partial charge in [0.05, 0.1) is 17.6 Å². The van der Waals surface area contributed by atoms with E-state index in [9.17, 15) is 4.39 Å². The molecule has 1 aromatic heterocycles. The van der Waals surface area contributed by atoms with Crippen molar-refractivity contribution in [3.63, 3.8) is 0 Å². The molecule has 0 saturated heterocycles. The summed E-state index contributed by atoms with van der Waals surface area (Å²) in [5.74, 6) is -0.224. The van der Waals surface area contributed by atoms with E-state index < -0.39 is 0 Å². The summed E-state index contributed by atoms with van der Waals surface area (Å²) in [6, 6.07) is 17.0. The van der Waals surface area contributed by atoms with Crippen LogP contribution in [0.1, 0.15) is 23.2 Å². The molecular weight excluding hydrogens is 361 g/mol. The highest BCUT2D eigenvalue weighted by Gasteiger charge is 2.21. The number of benzene rings is 2. The Morgan fingerprint density at radius 1 is 0.897 bits per heavy atom. The van der Waals surface area contributed by atoms with E-state index in [-0.39, 0.29) is 5.82 Å². The predicted molar refractivity (Wildman–Crippen MR) is 114 cm³/mol. The number of hydrogen-bond acceptors (Lipinski definition) is 2. The topological polar surface area (TPSA) is 21.1 Å². The minimum absolute atomic E-state index is 0.224. The largest absolute Gasteiger partial charge is 0.317 e. The summed E-state index contributed by atoms with van der Waals surface area (Å²) in [6.45, 7) is 2.08. The Labute approximate surface area is 169 Å². The van der Waals surface area contributed by atoms with Crippen molar-refractivity contribution in [1.82, 2.24) is 14.7 Å². The second kappa shape index (κ2) is 7.06. The van der Waals surface area contributed by atoms with E-state index in [1.165, 1.54) is 17.7 Å². The van der Waals surface area contributed by atoms with Gasteiger partial charge in [-0.3, -0.25) is 0 Å². The Morgan fingerprint density at radius 2 is 1.69 bits per heavy atom. The molecule has 2 aliphatic rings. The molecule has 29 heavy (non-hydrogen) atoms. The Kier molecular flexibility index (Phi) is 4.24. The maximum atomic E-state index is 13.4. The first-order chi connectivity index (χ1) is 14.2. The van der Waals surface area contributed by atoms with Gasteiger partial charge in [-0.2, -0.15) is 5.10 Å². The van der Waals surface area contributed by atoms with Crippen LogP contribution in [-0.4, -0.2) is 14.7 Å². The molecule has 0 N–H and O–H groups in total. The highest BCUT2D eigenvalue weighted by atomic mass is 19.1. The third kappa shape index (κ3) is 3.23. The van der Waals surface area contributed by atoms with Crippen molar-refractivity contribution in [3.8, 4) is 5.69 Å². The van der Waals surface area contributed by atoms with Crippen LogP contribution in [0.4, 0.5) is 4.39 Å². The molecule has 0 unspecified atom stereocenters. The van der Waals surface area contributed by atoms with Crippen molar-refractivity contribution in [2.45, 2.75) is 13.3 Å². The summed E-state index contributed by atoms with van der Waals surface area (Å²) >= 11 is 0. The van der Waals surface area contributed by atoms with E-state index in [0.717, 1.165) is 40.3 Å². The molecular formula is C25H20FN3. The first-order valence-electron chi connectivity index (χ1n) is 9.66. The second-order valence-corrected chi connectivity index (χ2v) is 7.21. The zero-order chi connectivity index (χ0) is 19.8. The molecule has 0 spiro atoms. The van der Waals surface area contributed by atoms with Crippen LogP contribution < -0.4 is 0 Å². The summed E-state index contributed by atoms with van der Waals surface area (Å²) in [7, 11) is 0. The summed E-state index contributed by atoms with van der Waals surface area (Å²) in [4.78, 5) is 2.17. The van der Waals surface area contributed by atoms with Gasteiger partial charge < -0.3 is 4.90 Å². The van der Waals surface area contributed by atoms with E-state index in [4.69, 9.17) is 0 Å². The van der Waals surface area contributed by atoms with Gasteiger partial charge in [-0.25, -0.2) is 9.07 Å². The number of hydrogen-bond donors (Lipinski definition) is 0. The Morgan fingerprint density at radius 3 is 2.48 bits per heavy atom. The van der Waals surface area contributed by atoms with Crippen LogP contribution in [-0.2, 0) is 0 Å². The Balaban J connectivity index is 1.54. The highest BCUT2D eigenvalue weighted by molar-refractivity contribution is 5.79. The molecule has 2 aliphatic heterocycles. The van der Waals surface area contributed by atoms with Crippen LogP contribution in [0.3, 0.4) is 0 Å². The number of halogens is 1. The fourth-order valence-electron chi connectivity index (χ4n) is 3.72. The van der Waals surface area contributed by atoms with Crippen LogP contribution in [0.2, 0.25) is 0 Å².